The summed E-state index contributed by atoms with van der Waals surface area (Å²) in [6.45, 7) is 4.95. The Labute approximate surface area is 167 Å². The molecule has 0 aliphatic carbocycles. The van der Waals surface area contributed by atoms with E-state index in [1.165, 1.54) is 17.3 Å². The third kappa shape index (κ3) is 3.62. The van der Waals surface area contributed by atoms with E-state index in [2.05, 4.69) is 10.1 Å². The maximum Gasteiger partial charge on any atom is 0.256 e. The second kappa shape index (κ2) is 7.67. The van der Waals surface area contributed by atoms with E-state index >= 15 is 0 Å². The van der Waals surface area contributed by atoms with Crippen molar-refractivity contribution in [3.8, 4) is 5.75 Å². The molecule has 0 radical (unpaired) electrons. The van der Waals surface area contributed by atoms with E-state index in [0.29, 0.717) is 29.4 Å². The molecule has 0 bridgehead atoms. The Morgan fingerprint density at radius 2 is 2.14 bits per heavy atom. The highest BCUT2D eigenvalue weighted by atomic mass is 32.2. The quantitative estimate of drug-likeness (QED) is 0.676. The molecule has 3 heterocycles. The first kappa shape index (κ1) is 18.6. The average molecular weight is 395 g/mol. The lowest BCUT2D eigenvalue weighted by molar-refractivity contribution is 0.0730. The molecule has 1 aliphatic rings. The number of nitrogens with zero attached hydrogens (tertiary/aromatic N) is 3. The summed E-state index contributed by atoms with van der Waals surface area (Å²) in [7, 11) is 0. The van der Waals surface area contributed by atoms with Crippen LogP contribution in [0.4, 0.5) is 0 Å². The van der Waals surface area contributed by atoms with E-state index < -0.39 is 0 Å². The molecule has 0 spiro atoms. The van der Waals surface area contributed by atoms with Gasteiger partial charge in [-0.25, -0.2) is 4.98 Å². The number of thioether (sulfide) groups is 1. The third-order valence-corrected chi connectivity index (χ3v) is 6.06. The Morgan fingerprint density at radius 3 is 2.93 bits per heavy atom. The van der Waals surface area contributed by atoms with Gasteiger partial charge in [0.05, 0.1) is 11.3 Å². The Bertz CT molecular complexity index is 1010. The van der Waals surface area contributed by atoms with Crippen LogP contribution in [0.1, 0.15) is 38.5 Å². The number of aromatic hydroxyl groups is 1. The molecule has 4 rings (SSSR count). The van der Waals surface area contributed by atoms with Crippen LogP contribution < -0.4 is 0 Å². The summed E-state index contributed by atoms with van der Waals surface area (Å²) in [5, 5.41) is 14.4. The van der Waals surface area contributed by atoms with Crippen molar-refractivity contribution in [2.24, 2.45) is 0 Å². The van der Waals surface area contributed by atoms with Crippen molar-refractivity contribution in [1.82, 2.24) is 15.0 Å². The molecule has 6 nitrogen and oxygen atoms in total. The first-order valence-corrected chi connectivity index (χ1v) is 10.1. The minimum atomic E-state index is -0.0386. The number of phenols is 1. The van der Waals surface area contributed by atoms with Crippen molar-refractivity contribution >= 4 is 17.7 Å². The summed E-state index contributed by atoms with van der Waals surface area (Å²) < 4.78 is 5.22. The van der Waals surface area contributed by atoms with Crippen molar-refractivity contribution in [3.05, 3.63) is 70.2 Å². The van der Waals surface area contributed by atoms with Gasteiger partial charge in [-0.05, 0) is 55.7 Å². The van der Waals surface area contributed by atoms with Gasteiger partial charge >= 0.3 is 0 Å². The fraction of sp³-hybridized carbons (Fsp3) is 0.286. The molecule has 7 heteroatoms. The summed E-state index contributed by atoms with van der Waals surface area (Å²) in [6.07, 6.45) is 2.49. The van der Waals surface area contributed by atoms with Crippen LogP contribution in [0.2, 0.25) is 0 Å². The molecule has 1 N–H and O–H groups in total. The molecule has 3 aromatic rings. The predicted octanol–water partition coefficient (Wildman–Crippen LogP) is 3.88. The van der Waals surface area contributed by atoms with Crippen molar-refractivity contribution in [2.45, 2.75) is 37.6 Å². The van der Waals surface area contributed by atoms with Crippen LogP contribution in [-0.2, 0) is 18.7 Å². The number of carbonyl (C=O) groups excluding carboxylic acids is 1. The fourth-order valence-electron chi connectivity index (χ4n) is 3.40. The van der Waals surface area contributed by atoms with Gasteiger partial charge < -0.3 is 14.5 Å². The molecule has 0 fully saturated rings. The van der Waals surface area contributed by atoms with Gasteiger partial charge in [-0.2, -0.15) is 0 Å². The molecule has 0 saturated heterocycles. The lowest BCUT2D eigenvalue weighted by atomic mass is 9.99. The number of benzene rings is 1. The van der Waals surface area contributed by atoms with Crippen LogP contribution in [0.3, 0.4) is 0 Å². The molecule has 0 atom stereocenters. The molecule has 144 valence electrons. The van der Waals surface area contributed by atoms with Gasteiger partial charge in [0.1, 0.15) is 16.5 Å². The summed E-state index contributed by atoms with van der Waals surface area (Å²) in [5.74, 6) is 1.63. The van der Waals surface area contributed by atoms with E-state index in [-0.39, 0.29) is 11.7 Å². The van der Waals surface area contributed by atoms with E-state index in [1.807, 2.05) is 30.9 Å². The van der Waals surface area contributed by atoms with Gasteiger partial charge in [-0.15, -0.1) is 11.8 Å². The number of hydrogen-bond acceptors (Lipinski definition) is 6. The van der Waals surface area contributed by atoms with Crippen LogP contribution in [0.25, 0.3) is 0 Å². The molecule has 28 heavy (non-hydrogen) atoms. The van der Waals surface area contributed by atoms with Gasteiger partial charge in [0.15, 0.2) is 0 Å². The predicted molar refractivity (Wildman–Crippen MR) is 106 cm³/mol. The Balaban J connectivity index is 1.54. The normalized spacial score (nSPS) is 13.4. The van der Waals surface area contributed by atoms with Crippen LogP contribution in [0.15, 0.2) is 46.1 Å². The van der Waals surface area contributed by atoms with Gasteiger partial charge in [0.25, 0.3) is 5.91 Å². The van der Waals surface area contributed by atoms with Crippen LogP contribution in [-0.4, -0.2) is 32.6 Å². The Morgan fingerprint density at radius 1 is 1.29 bits per heavy atom. The number of pyridine rings is 1. The number of carbonyl (C=O) groups is 1. The van der Waals surface area contributed by atoms with Crippen molar-refractivity contribution in [2.75, 3.05) is 6.54 Å². The highest BCUT2D eigenvalue weighted by Crippen LogP contribution is 2.29. The number of phenolic OH excluding ortho intramolecular Hbond substituents is 1. The zero-order valence-corrected chi connectivity index (χ0v) is 16.6. The Kier molecular flexibility index (Phi) is 5.09. The number of aromatic nitrogens is 2. The maximum absolute atomic E-state index is 13.2. The summed E-state index contributed by atoms with van der Waals surface area (Å²) in [6, 6.07) is 8.98. The highest BCUT2D eigenvalue weighted by molar-refractivity contribution is 7.98. The van der Waals surface area contributed by atoms with E-state index in [1.54, 1.807) is 24.4 Å². The molecule has 2 aromatic heterocycles. The van der Waals surface area contributed by atoms with E-state index in [9.17, 15) is 9.90 Å². The second-order valence-corrected chi connectivity index (χ2v) is 7.84. The van der Waals surface area contributed by atoms with E-state index in [0.717, 1.165) is 29.0 Å². The summed E-state index contributed by atoms with van der Waals surface area (Å²) >= 11 is 1.51. The molecule has 1 aliphatic heterocycles. The first-order valence-electron chi connectivity index (χ1n) is 9.12. The third-order valence-electron chi connectivity index (χ3n) is 5.03. The average Bonchev–Trinajstić information content (AvgIpc) is 3.03. The fourth-order valence-corrected chi connectivity index (χ4v) is 4.54. The summed E-state index contributed by atoms with van der Waals surface area (Å²) in [5.41, 5.74) is 4.68. The van der Waals surface area contributed by atoms with Crippen LogP contribution >= 0.6 is 11.8 Å². The van der Waals surface area contributed by atoms with Gasteiger partial charge in [-0.1, -0.05) is 11.2 Å². The molecule has 1 aromatic carbocycles. The second-order valence-electron chi connectivity index (χ2n) is 6.88. The minimum absolute atomic E-state index is 0.0386. The molecular weight excluding hydrogens is 374 g/mol. The van der Waals surface area contributed by atoms with Crippen molar-refractivity contribution in [3.63, 3.8) is 0 Å². The van der Waals surface area contributed by atoms with Gasteiger partial charge in [0.2, 0.25) is 0 Å². The number of aryl methyl sites for hydroxylation is 2. The Hall–Kier alpha value is -2.80. The number of fused-ring (bicyclic) bond motifs is 1. The molecule has 0 unspecified atom stereocenters. The van der Waals surface area contributed by atoms with Crippen LogP contribution in [0, 0.1) is 13.8 Å². The first-order chi connectivity index (χ1) is 13.5. The zero-order chi connectivity index (χ0) is 19.7. The number of rotatable bonds is 4. The molecule has 0 saturated carbocycles. The monoisotopic (exact) mass is 395 g/mol. The number of amides is 1. The standard InChI is InChI=1S/C21H21N3O3S/c1-13-19(14(2)27-23-13)12-28-20-18(4-3-8-22-20)21(26)24-9-7-15-5-6-17(25)10-16(15)11-24/h3-6,8,10,25H,7,9,11-12H2,1-2H3. The molecular formula is C21H21N3O3S. The maximum atomic E-state index is 13.2. The lowest BCUT2D eigenvalue weighted by Gasteiger charge is -2.29. The van der Waals surface area contributed by atoms with Crippen molar-refractivity contribution in [1.29, 1.82) is 0 Å². The van der Waals surface area contributed by atoms with Crippen LogP contribution in [0.5, 0.6) is 5.75 Å². The minimum Gasteiger partial charge on any atom is -0.508 e. The molecule has 1 amide bonds. The smallest absolute Gasteiger partial charge is 0.256 e. The van der Waals surface area contributed by atoms with Gasteiger partial charge in [0, 0.05) is 30.6 Å². The lowest BCUT2D eigenvalue weighted by Crippen LogP contribution is -2.36. The van der Waals surface area contributed by atoms with Gasteiger partial charge in [-0.3, -0.25) is 4.79 Å². The summed E-state index contributed by atoms with van der Waals surface area (Å²) in [4.78, 5) is 19.4. The largest absolute Gasteiger partial charge is 0.508 e. The SMILES string of the molecule is Cc1noc(C)c1CSc1ncccc1C(=O)N1CCc2ccc(O)cc2C1. The van der Waals surface area contributed by atoms with Crippen molar-refractivity contribution < 1.29 is 14.4 Å². The van der Waals surface area contributed by atoms with E-state index in [4.69, 9.17) is 4.52 Å². The number of hydrogen-bond donors (Lipinski definition) is 1. The topological polar surface area (TPSA) is 79.5 Å². The highest BCUT2D eigenvalue weighted by Gasteiger charge is 2.24. The zero-order valence-electron chi connectivity index (χ0n) is 15.8.